The molecule has 0 spiro atoms. The lowest BCUT2D eigenvalue weighted by molar-refractivity contribution is -0.140. The minimum absolute atomic E-state index is 0.107. The first-order valence-corrected chi connectivity index (χ1v) is 7.45. The van der Waals surface area contributed by atoms with Crippen LogP contribution in [0.3, 0.4) is 0 Å². The van der Waals surface area contributed by atoms with Crippen molar-refractivity contribution in [3.63, 3.8) is 0 Å². The Morgan fingerprint density at radius 3 is 2.36 bits per heavy atom. The third kappa shape index (κ3) is 3.90. The lowest BCUT2D eigenvalue weighted by Crippen LogP contribution is -2.50. The van der Waals surface area contributed by atoms with E-state index in [-0.39, 0.29) is 13.0 Å². The van der Waals surface area contributed by atoms with Gasteiger partial charge in [-0.15, -0.1) is 0 Å². The van der Waals surface area contributed by atoms with Crippen LogP contribution >= 0.6 is 0 Å². The van der Waals surface area contributed by atoms with Crippen molar-refractivity contribution in [2.75, 3.05) is 6.61 Å². The molecule has 1 amide bonds. The van der Waals surface area contributed by atoms with Crippen molar-refractivity contribution in [2.24, 2.45) is 0 Å². The van der Waals surface area contributed by atoms with Gasteiger partial charge in [-0.2, -0.15) is 21.6 Å². The smallest absolute Gasteiger partial charge is 0.463 e. The summed E-state index contributed by atoms with van der Waals surface area (Å²) in [5.41, 5.74) is -7.27. The molecule has 0 unspecified atom stereocenters. The van der Waals surface area contributed by atoms with Gasteiger partial charge < -0.3 is 14.2 Å². The second-order valence-corrected chi connectivity index (χ2v) is 6.56. The molecule has 0 aromatic heterocycles. The Kier molecular flexibility index (Phi) is 4.80. The monoisotopic (exact) mass is 345 g/mol. The van der Waals surface area contributed by atoms with E-state index in [4.69, 9.17) is 0 Å². The molecule has 1 heterocycles. The van der Waals surface area contributed by atoms with E-state index in [9.17, 15) is 31.2 Å². The van der Waals surface area contributed by atoms with Crippen LogP contribution in [0.4, 0.5) is 13.2 Å². The molecule has 0 radical (unpaired) electrons. The second kappa shape index (κ2) is 5.78. The number of amides is 1. The van der Waals surface area contributed by atoms with Crippen molar-refractivity contribution in [1.82, 2.24) is 5.32 Å². The van der Waals surface area contributed by atoms with E-state index in [0.29, 0.717) is 0 Å². The summed E-state index contributed by atoms with van der Waals surface area (Å²) in [5.74, 6) is -3.58. The number of alkyl halides is 3. The van der Waals surface area contributed by atoms with E-state index in [1.54, 1.807) is 0 Å². The number of carbonyl (C=O) groups is 2. The fraction of sp³-hybridized carbons (Fsp3) is 0.636. The predicted octanol–water partition coefficient (Wildman–Crippen LogP) is 0.968. The van der Waals surface area contributed by atoms with Gasteiger partial charge in [0, 0.05) is 12.0 Å². The Morgan fingerprint density at radius 2 is 1.91 bits per heavy atom. The van der Waals surface area contributed by atoms with Gasteiger partial charge in [0.1, 0.15) is 0 Å². The number of halogens is 3. The van der Waals surface area contributed by atoms with E-state index in [2.05, 4.69) is 14.2 Å². The average molecular weight is 345 g/mol. The van der Waals surface area contributed by atoms with Gasteiger partial charge in [-0.25, -0.2) is 4.79 Å². The molecule has 11 heteroatoms. The van der Waals surface area contributed by atoms with Crippen LogP contribution in [0.25, 0.3) is 0 Å². The number of ether oxygens (including phenoxy) is 1. The third-order valence-electron chi connectivity index (χ3n) is 2.55. The zero-order valence-electron chi connectivity index (χ0n) is 11.9. The zero-order valence-corrected chi connectivity index (χ0v) is 12.7. The van der Waals surface area contributed by atoms with Crippen LogP contribution in [0, 0.1) is 0 Å². The molecule has 1 aliphatic rings. The van der Waals surface area contributed by atoms with Crippen LogP contribution in [-0.4, -0.2) is 37.9 Å². The SMILES string of the molecule is CCOC(=O)C1=C(OS(=O)(=O)C(F)(F)F)C(=O)NC(C)(C)C1. The number of hydrogen-bond donors (Lipinski definition) is 1. The summed E-state index contributed by atoms with van der Waals surface area (Å²) in [4.78, 5) is 23.6. The molecule has 0 saturated carbocycles. The normalized spacial score (nSPS) is 18.7. The zero-order chi connectivity index (χ0) is 17.3. The van der Waals surface area contributed by atoms with Gasteiger partial charge in [-0.1, -0.05) is 0 Å². The highest BCUT2D eigenvalue weighted by Gasteiger charge is 2.51. The Bertz CT molecular complexity index is 620. The molecule has 1 N–H and O–H groups in total. The molecule has 0 fully saturated rings. The predicted molar refractivity (Wildman–Crippen MR) is 66.6 cm³/mol. The Hall–Kier alpha value is -1.78. The lowest BCUT2D eigenvalue weighted by atomic mass is 9.90. The molecular weight excluding hydrogens is 331 g/mol. The molecule has 126 valence electrons. The standard InChI is InChI=1S/C11H14F3NO6S/c1-4-20-9(17)6-5-10(2,3)15-8(16)7(6)21-22(18,19)11(12,13)14/h4-5H2,1-3H3,(H,15,16). The summed E-state index contributed by atoms with van der Waals surface area (Å²) < 4.78 is 67.6. The molecule has 0 aromatic rings. The average Bonchev–Trinajstić information content (AvgIpc) is 2.30. The maximum atomic E-state index is 12.4. The van der Waals surface area contributed by atoms with Gasteiger partial charge in [0.15, 0.2) is 0 Å². The van der Waals surface area contributed by atoms with Gasteiger partial charge >= 0.3 is 21.6 Å². The van der Waals surface area contributed by atoms with Crippen molar-refractivity contribution >= 4 is 22.0 Å². The molecule has 22 heavy (non-hydrogen) atoms. The van der Waals surface area contributed by atoms with Crippen LogP contribution in [0.2, 0.25) is 0 Å². The molecule has 0 aromatic carbocycles. The molecular formula is C11H14F3NO6S. The topological polar surface area (TPSA) is 98.8 Å². The van der Waals surface area contributed by atoms with Crippen molar-refractivity contribution in [3.05, 3.63) is 11.3 Å². The fourth-order valence-corrected chi connectivity index (χ4v) is 2.19. The summed E-state index contributed by atoms with van der Waals surface area (Å²) >= 11 is 0. The number of carbonyl (C=O) groups excluding carboxylic acids is 2. The maximum Gasteiger partial charge on any atom is 0.534 e. The molecule has 7 nitrogen and oxygen atoms in total. The highest BCUT2D eigenvalue weighted by atomic mass is 32.2. The van der Waals surface area contributed by atoms with E-state index < -0.39 is 44.4 Å². The van der Waals surface area contributed by atoms with Crippen LogP contribution in [-0.2, 0) is 28.6 Å². The third-order valence-corrected chi connectivity index (χ3v) is 3.50. The molecule has 0 saturated heterocycles. The first-order valence-electron chi connectivity index (χ1n) is 6.04. The molecule has 1 rings (SSSR count). The van der Waals surface area contributed by atoms with E-state index in [1.807, 2.05) is 0 Å². The molecule has 0 aliphatic carbocycles. The van der Waals surface area contributed by atoms with Crippen molar-refractivity contribution in [3.8, 4) is 0 Å². The molecule has 1 aliphatic heterocycles. The van der Waals surface area contributed by atoms with E-state index in [1.165, 1.54) is 20.8 Å². The minimum atomic E-state index is -6.08. The van der Waals surface area contributed by atoms with E-state index >= 15 is 0 Å². The van der Waals surface area contributed by atoms with E-state index in [0.717, 1.165) is 0 Å². The van der Waals surface area contributed by atoms with Crippen LogP contribution in [0.15, 0.2) is 11.3 Å². The Labute approximate surface area is 124 Å². The number of nitrogens with one attached hydrogen (secondary N) is 1. The number of hydrogen-bond acceptors (Lipinski definition) is 6. The Morgan fingerprint density at radius 1 is 1.36 bits per heavy atom. The first-order chi connectivity index (χ1) is 9.81. The van der Waals surface area contributed by atoms with Crippen LogP contribution < -0.4 is 5.32 Å². The highest BCUT2D eigenvalue weighted by Crippen LogP contribution is 2.32. The summed E-state index contributed by atoms with van der Waals surface area (Å²) in [7, 11) is -6.08. The first kappa shape index (κ1) is 18.3. The van der Waals surface area contributed by atoms with Crippen molar-refractivity contribution < 1.29 is 40.1 Å². The lowest BCUT2D eigenvalue weighted by Gasteiger charge is -2.32. The maximum absolute atomic E-state index is 12.4. The second-order valence-electron chi connectivity index (χ2n) is 5.03. The summed E-state index contributed by atoms with van der Waals surface area (Å²) in [5, 5.41) is 2.25. The largest absolute Gasteiger partial charge is 0.534 e. The van der Waals surface area contributed by atoms with Gasteiger partial charge in [-0.05, 0) is 20.8 Å². The fourth-order valence-electron chi connectivity index (χ4n) is 1.70. The summed E-state index contributed by atoms with van der Waals surface area (Å²) in [6.07, 6.45) is -0.250. The van der Waals surface area contributed by atoms with Crippen LogP contribution in [0.1, 0.15) is 27.2 Å². The van der Waals surface area contributed by atoms with Gasteiger partial charge in [-0.3, -0.25) is 4.79 Å². The number of esters is 1. The van der Waals surface area contributed by atoms with Crippen LogP contribution in [0.5, 0.6) is 0 Å². The van der Waals surface area contributed by atoms with Crippen molar-refractivity contribution in [1.29, 1.82) is 0 Å². The minimum Gasteiger partial charge on any atom is -0.463 e. The Balaban J connectivity index is 3.34. The molecule has 0 atom stereocenters. The highest BCUT2D eigenvalue weighted by molar-refractivity contribution is 7.87. The quantitative estimate of drug-likeness (QED) is 0.463. The van der Waals surface area contributed by atoms with Crippen molar-refractivity contribution in [2.45, 2.75) is 38.2 Å². The van der Waals surface area contributed by atoms with Gasteiger partial charge in [0.25, 0.3) is 5.91 Å². The molecule has 0 bridgehead atoms. The summed E-state index contributed by atoms with van der Waals surface area (Å²) in [6, 6.07) is 0. The summed E-state index contributed by atoms with van der Waals surface area (Å²) in [6.45, 7) is 4.33. The van der Waals surface area contributed by atoms with Gasteiger partial charge in [0.05, 0.1) is 12.2 Å². The van der Waals surface area contributed by atoms with Gasteiger partial charge in [0.2, 0.25) is 5.76 Å². The number of rotatable bonds is 4.